The average Bonchev–Trinajstić information content (AvgIpc) is 3.68. The molecule has 0 atom stereocenters. The molecule has 0 amide bonds. The minimum atomic E-state index is 0.892. The Morgan fingerprint density at radius 3 is 1.29 bits per heavy atom. The molecular formula is C56H37NO. The normalized spacial score (nSPS) is 11.4. The third-order valence-corrected chi connectivity index (χ3v) is 11.5. The van der Waals surface area contributed by atoms with Crippen LogP contribution in [-0.4, -0.2) is 0 Å². The zero-order valence-corrected chi connectivity index (χ0v) is 31.7. The van der Waals surface area contributed by atoms with E-state index in [2.05, 4.69) is 223 Å². The van der Waals surface area contributed by atoms with Crippen LogP contribution in [0.25, 0.3) is 88.0 Å². The molecule has 0 saturated carbocycles. The van der Waals surface area contributed by atoms with Gasteiger partial charge in [-0.1, -0.05) is 176 Å². The lowest BCUT2D eigenvalue weighted by molar-refractivity contribution is 0.670. The first kappa shape index (κ1) is 33.6. The standard InChI is InChI=1S/C56H37NO/c1-2-11-41(12-3-1)52-21-10-22-53-54-37-44(29-36-55(54)58-56(52)53)38-23-30-45(31-24-38)57(46-32-25-42(26-33-46)50-19-8-15-39-13-4-6-17-48(39)50)47-34-27-43(28-35-47)51-20-9-16-40-14-5-7-18-49(40)51/h1-37H. The van der Waals surface area contributed by atoms with Gasteiger partial charge in [0, 0.05) is 33.4 Å². The quantitative estimate of drug-likeness (QED) is 0.162. The third kappa shape index (κ3) is 5.91. The zero-order chi connectivity index (χ0) is 38.4. The summed E-state index contributed by atoms with van der Waals surface area (Å²) in [5, 5.41) is 7.25. The second-order valence-corrected chi connectivity index (χ2v) is 14.9. The molecule has 0 saturated heterocycles. The van der Waals surface area contributed by atoms with Crippen molar-refractivity contribution >= 4 is 60.5 Å². The molecule has 0 aliphatic heterocycles. The van der Waals surface area contributed by atoms with E-state index in [1.807, 2.05) is 6.07 Å². The van der Waals surface area contributed by atoms with Crippen molar-refractivity contribution in [2.75, 3.05) is 4.90 Å². The molecule has 0 spiro atoms. The van der Waals surface area contributed by atoms with Crippen molar-refractivity contribution in [3.63, 3.8) is 0 Å². The van der Waals surface area contributed by atoms with Gasteiger partial charge < -0.3 is 9.32 Å². The number of hydrogen-bond donors (Lipinski definition) is 0. The fraction of sp³-hybridized carbons (Fsp3) is 0. The van der Waals surface area contributed by atoms with E-state index in [-0.39, 0.29) is 0 Å². The maximum absolute atomic E-state index is 6.49. The smallest absolute Gasteiger partial charge is 0.143 e. The molecule has 0 unspecified atom stereocenters. The highest BCUT2D eigenvalue weighted by Gasteiger charge is 2.16. The Balaban J connectivity index is 0.977. The van der Waals surface area contributed by atoms with Crippen LogP contribution in [-0.2, 0) is 0 Å². The van der Waals surface area contributed by atoms with Crippen LogP contribution >= 0.6 is 0 Å². The third-order valence-electron chi connectivity index (χ3n) is 11.5. The number of rotatable bonds is 7. The lowest BCUT2D eigenvalue weighted by Crippen LogP contribution is -2.09. The molecular weight excluding hydrogens is 703 g/mol. The van der Waals surface area contributed by atoms with Crippen LogP contribution in [0, 0.1) is 0 Å². The van der Waals surface area contributed by atoms with Crippen LogP contribution in [0.3, 0.4) is 0 Å². The summed E-state index contributed by atoms with van der Waals surface area (Å²) in [7, 11) is 0. The molecule has 0 fully saturated rings. The van der Waals surface area contributed by atoms with Crippen molar-refractivity contribution in [3.05, 3.63) is 224 Å². The first-order valence-corrected chi connectivity index (χ1v) is 19.8. The molecule has 0 radical (unpaired) electrons. The van der Waals surface area contributed by atoms with Crippen LogP contribution < -0.4 is 4.90 Å². The monoisotopic (exact) mass is 739 g/mol. The highest BCUT2D eigenvalue weighted by atomic mass is 16.3. The van der Waals surface area contributed by atoms with Crippen LogP contribution in [0.4, 0.5) is 17.1 Å². The predicted octanol–water partition coefficient (Wildman–Crippen LogP) is 16.0. The number of para-hydroxylation sites is 1. The van der Waals surface area contributed by atoms with Gasteiger partial charge in [-0.2, -0.15) is 0 Å². The molecule has 10 aromatic carbocycles. The summed E-state index contributed by atoms with van der Waals surface area (Å²) < 4.78 is 6.49. The molecule has 1 aromatic heterocycles. The van der Waals surface area contributed by atoms with Gasteiger partial charge in [0.25, 0.3) is 0 Å². The molecule has 2 heteroatoms. The zero-order valence-electron chi connectivity index (χ0n) is 31.7. The van der Waals surface area contributed by atoms with Crippen molar-refractivity contribution in [1.29, 1.82) is 0 Å². The van der Waals surface area contributed by atoms with Gasteiger partial charge in [-0.3, -0.25) is 0 Å². The summed E-state index contributed by atoms with van der Waals surface area (Å²) in [6.07, 6.45) is 0. The van der Waals surface area contributed by atoms with Gasteiger partial charge in [-0.05, 0) is 109 Å². The Bertz CT molecular complexity index is 3120. The van der Waals surface area contributed by atoms with E-state index in [0.29, 0.717) is 0 Å². The molecule has 0 aliphatic rings. The first-order chi connectivity index (χ1) is 28.7. The summed E-state index contributed by atoms with van der Waals surface area (Å²) in [6, 6.07) is 80.6. The molecule has 272 valence electrons. The highest BCUT2D eigenvalue weighted by Crippen LogP contribution is 2.41. The molecule has 0 N–H and O–H groups in total. The number of hydrogen-bond acceptors (Lipinski definition) is 2. The second kappa shape index (κ2) is 14.1. The number of furan rings is 1. The van der Waals surface area contributed by atoms with Gasteiger partial charge in [-0.15, -0.1) is 0 Å². The van der Waals surface area contributed by atoms with E-state index < -0.39 is 0 Å². The van der Waals surface area contributed by atoms with E-state index in [9.17, 15) is 0 Å². The van der Waals surface area contributed by atoms with E-state index in [0.717, 1.165) is 61.3 Å². The molecule has 11 aromatic rings. The Labute approximate surface area is 337 Å². The van der Waals surface area contributed by atoms with Crippen molar-refractivity contribution in [3.8, 4) is 44.5 Å². The number of anilines is 3. The lowest BCUT2D eigenvalue weighted by Gasteiger charge is -2.26. The van der Waals surface area contributed by atoms with Crippen LogP contribution in [0.2, 0.25) is 0 Å². The maximum atomic E-state index is 6.49. The van der Waals surface area contributed by atoms with E-state index >= 15 is 0 Å². The summed E-state index contributed by atoms with van der Waals surface area (Å²) in [5.41, 5.74) is 14.5. The topological polar surface area (TPSA) is 16.4 Å². The summed E-state index contributed by atoms with van der Waals surface area (Å²) >= 11 is 0. The molecule has 58 heavy (non-hydrogen) atoms. The Morgan fingerprint density at radius 1 is 0.276 bits per heavy atom. The molecule has 0 aliphatic carbocycles. The highest BCUT2D eigenvalue weighted by molar-refractivity contribution is 6.10. The van der Waals surface area contributed by atoms with Crippen LogP contribution in [0.5, 0.6) is 0 Å². The van der Waals surface area contributed by atoms with Crippen LogP contribution in [0.1, 0.15) is 0 Å². The van der Waals surface area contributed by atoms with Gasteiger partial charge in [0.05, 0.1) is 0 Å². The van der Waals surface area contributed by atoms with Crippen molar-refractivity contribution in [1.82, 2.24) is 0 Å². The van der Waals surface area contributed by atoms with E-state index in [1.54, 1.807) is 0 Å². The fourth-order valence-corrected chi connectivity index (χ4v) is 8.61. The van der Waals surface area contributed by atoms with Gasteiger partial charge in [0.1, 0.15) is 11.2 Å². The number of benzene rings is 10. The Hall–Kier alpha value is -7.68. The minimum absolute atomic E-state index is 0.892. The summed E-state index contributed by atoms with van der Waals surface area (Å²) in [4.78, 5) is 2.35. The lowest BCUT2D eigenvalue weighted by atomic mass is 9.97. The molecule has 0 bridgehead atoms. The summed E-state index contributed by atoms with van der Waals surface area (Å²) in [5.74, 6) is 0. The Morgan fingerprint density at radius 2 is 0.707 bits per heavy atom. The maximum Gasteiger partial charge on any atom is 0.143 e. The van der Waals surface area contributed by atoms with Crippen LogP contribution in [0.15, 0.2) is 229 Å². The van der Waals surface area contributed by atoms with Crippen molar-refractivity contribution in [2.24, 2.45) is 0 Å². The largest absolute Gasteiger partial charge is 0.455 e. The first-order valence-electron chi connectivity index (χ1n) is 19.8. The van der Waals surface area contributed by atoms with Crippen molar-refractivity contribution in [2.45, 2.75) is 0 Å². The minimum Gasteiger partial charge on any atom is -0.455 e. The molecule has 11 rings (SSSR count). The van der Waals surface area contributed by atoms with Gasteiger partial charge >= 0.3 is 0 Å². The predicted molar refractivity (Wildman–Crippen MR) is 245 cm³/mol. The summed E-state index contributed by atoms with van der Waals surface area (Å²) in [6.45, 7) is 0. The van der Waals surface area contributed by atoms with E-state index in [4.69, 9.17) is 4.42 Å². The van der Waals surface area contributed by atoms with E-state index in [1.165, 1.54) is 43.8 Å². The molecule has 2 nitrogen and oxygen atoms in total. The Kier molecular flexibility index (Phi) is 8.19. The number of fused-ring (bicyclic) bond motifs is 5. The van der Waals surface area contributed by atoms with Crippen molar-refractivity contribution < 1.29 is 4.42 Å². The van der Waals surface area contributed by atoms with Gasteiger partial charge in [0.15, 0.2) is 0 Å². The number of nitrogens with zero attached hydrogens (tertiary/aromatic N) is 1. The fourth-order valence-electron chi connectivity index (χ4n) is 8.61. The molecule has 1 heterocycles. The SMILES string of the molecule is c1ccc(-c2cccc3c2oc2ccc(-c4ccc(N(c5ccc(-c6cccc7ccccc67)cc5)c5ccc(-c6cccc7ccccc67)cc5)cc4)cc23)cc1. The second-order valence-electron chi connectivity index (χ2n) is 14.9. The van der Waals surface area contributed by atoms with Gasteiger partial charge in [0.2, 0.25) is 0 Å². The van der Waals surface area contributed by atoms with Gasteiger partial charge in [-0.25, -0.2) is 0 Å². The average molecular weight is 740 g/mol.